The van der Waals surface area contributed by atoms with Crippen LogP contribution >= 0.6 is 0 Å². The molecule has 3 N–H and O–H groups in total. The van der Waals surface area contributed by atoms with Gasteiger partial charge in [0.25, 0.3) is 5.91 Å². The van der Waals surface area contributed by atoms with Crippen molar-refractivity contribution in [2.45, 2.75) is 20.8 Å². The number of aromatic nitrogens is 1. The van der Waals surface area contributed by atoms with Crippen LogP contribution in [-0.2, 0) is 4.79 Å². The number of amides is 2. The maximum Gasteiger partial charge on any atom is 0.274 e. The summed E-state index contributed by atoms with van der Waals surface area (Å²) in [4.78, 5) is 27.9. The van der Waals surface area contributed by atoms with Crippen molar-refractivity contribution in [1.82, 2.24) is 4.98 Å². The van der Waals surface area contributed by atoms with E-state index in [-0.39, 0.29) is 11.8 Å². The fourth-order valence-corrected chi connectivity index (χ4v) is 2.75. The maximum absolute atomic E-state index is 12.6. The second-order valence-electron chi connectivity index (χ2n) is 6.52. The average molecular weight is 374 g/mol. The number of hydrogen-bond acceptors (Lipinski definition) is 4. The Labute approximate surface area is 164 Å². The number of carbonyl (C=O) groups is 2. The average Bonchev–Trinajstić information content (AvgIpc) is 2.65. The molecule has 6 nitrogen and oxygen atoms in total. The van der Waals surface area contributed by atoms with Gasteiger partial charge in [-0.3, -0.25) is 14.6 Å². The minimum Gasteiger partial charge on any atom is -0.355 e. The largest absolute Gasteiger partial charge is 0.355 e. The highest BCUT2D eigenvalue weighted by atomic mass is 16.2. The summed E-state index contributed by atoms with van der Waals surface area (Å²) in [5, 5.41) is 8.83. The van der Waals surface area contributed by atoms with Crippen molar-refractivity contribution in [3.63, 3.8) is 0 Å². The number of carbonyl (C=O) groups excluding carboxylic acids is 2. The number of nitrogens with zero attached hydrogens (tertiary/aromatic N) is 1. The molecule has 0 aliphatic heterocycles. The highest BCUT2D eigenvalue weighted by Gasteiger charge is 2.10. The van der Waals surface area contributed by atoms with Gasteiger partial charge in [0.1, 0.15) is 5.69 Å². The number of aryl methyl sites for hydroxylation is 1. The lowest BCUT2D eigenvalue weighted by Gasteiger charge is -2.12. The lowest BCUT2D eigenvalue weighted by atomic mass is 10.1. The van der Waals surface area contributed by atoms with E-state index < -0.39 is 0 Å². The molecule has 0 radical (unpaired) electrons. The van der Waals surface area contributed by atoms with E-state index in [1.54, 1.807) is 36.5 Å². The fraction of sp³-hybridized carbons (Fsp3) is 0.136. The Morgan fingerprint density at radius 3 is 2.32 bits per heavy atom. The molecule has 0 aliphatic carbocycles. The first-order valence-electron chi connectivity index (χ1n) is 8.90. The van der Waals surface area contributed by atoms with Gasteiger partial charge in [0.2, 0.25) is 5.91 Å². The molecule has 0 fully saturated rings. The van der Waals surface area contributed by atoms with Crippen molar-refractivity contribution in [3.05, 3.63) is 77.6 Å². The number of hydrogen-bond donors (Lipinski definition) is 3. The van der Waals surface area contributed by atoms with Crippen molar-refractivity contribution >= 4 is 34.6 Å². The lowest BCUT2D eigenvalue weighted by molar-refractivity contribution is -0.114. The van der Waals surface area contributed by atoms with E-state index in [0.29, 0.717) is 17.1 Å². The van der Waals surface area contributed by atoms with E-state index in [0.717, 1.165) is 16.9 Å². The number of anilines is 4. The van der Waals surface area contributed by atoms with Crippen molar-refractivity contribution < 1.29 is 9.59 Å². The van der Waals surface area contributed by atoms with Crippen molar-refractivity contribution in [1.29, 1.82) is 0 Å². The SMILES string of the molecule is CC(=O)Nc1cccc(NC(=O)c2cc(Nc3cccc(C)c3C)ccn2)c1. The van der Waals surface area contributed by atoms with Crippen LogP contribution in [-0.4, -0.2) is 16.8 Å². The van der Waals surface area contributed by atoms with Gasteiger partial charge in [-0.2, -0.15) is 0 Å². The highest BCUT2D eigenvalue weighted by Crippen LogP contribution is 2.23. The molecule has 1 heterocycles. The first-order valence-corrected chi connectivity index (χ1v) is 8.90. The van der Waals surface area contributed by atoms with Gasteiger partial charge < -0.3 is 16.0 Å². The van der Waals surface area contributed by atoms with Gasteiger partial charge in [0, 0.05) is 35.9 Å². The van der Waals surface area contributed by atoms with Gasteiger partial charge in [-0.1, -0.05) is 18.2 Å². The number of nitrogens with one attached hydrogen (secondary N) is 3. The molecule has 0 saturated carbocycles. The molecule has 1 aromatic heterocycles. The Kier molecular flexibility index (Phi) is 5.69. The molecule has 0 saturated heterocycles. The molecule has 0 atom stereocenters. The second-order valence-corrected chi connectivity index (χ2v) is 6.52. The van der Waals surface area contributed by atoms with Crippen molar-refractivity contribution in [2.24, 2.45) is 0 Å². The predicted molar refractivity (Wildman–Crippen MR) is 112 cm³/mol. The normalized spacial score (nSPS) is 10.2. The Morgan fingerprint density at radius 1 is 0.857 bits per heavy atom. The summed E-state index contributed by atoms with van der Waals surface area (Å²) in [5.41, 5.74) is 5.59. The summed E-state index contributed by atoms with van der Waals surface area (Å²) in [6, 6.07) is 16.5. The third-order valence-electron chi connectivity index (χ3n) is 4.32. The summed E-state index contributed by atoms with van der Waals surface area (Å²) < 4.78 is 0. The van der Waals surface area contributed by atoms with E-state index in [1.807, 2.05) is 18.2 Å². The van der Waals surface area contributed by atoms with E-state index in [4.69, 9.17) is 0 Å². The van der Waals surface area contributed by atoms with Crippen LogP contribution in [0.1, 0.15) is 28.5 Å². The van der Waals surface area contributed by atoms with Crippen LogP contribution in [0.2, 0.25) is 0 Å². The Bertz CT molecular complexity index is 1030. The first-order chi connectivity index (χ1) is 13.4. The Hall–Kier alpha value is -3.67. The molecule has 28 heavy (non-hydrogen) atoms. The third kappa shape index (κ3) is 4.73. The van der Waals surface area contributed by atoms with Crippen LogP contribution in [0.15, 0.2) is 60.8 Å². The molecule has 6 heteroatoms. The van der Waals surface area contributed by atoms with Gasteiger partial charge in [0.05, 0.1) is 0 Å². The third-order valence-corrected chi connectivity index (χ3v) is 4.32. The standard InChI is InChI=1S/C22H22N4O2/c1-14-6-4-9-20(15(14)2)25-19-10-11-23-21(13-19)22(28)26-18-8-5-7-17(12-18)24-16(3)27/h4-13H,1-3H3,(H,23,25)(H,24,27)(H,26,28). The monoisotopic (exact) mass is 374 g/mol. The molecule has 3 rings (SSSR count). The van der Waals surface area contributed by atoms with Gasteiger partial charge >= 0.3 is 0 Å². The Balaban J connectivity index is 1.75. The topological polar surface area (TPSA) is 83.1 Å². The minimum atomic E-state index is -0.329. The van der Waals surface area contributed by atoms with Crippen LogP contribution in [0.4, 0.5) is 22.7 Å². The van der Waals surface area contributed by atoms with Crippen LogP contribution < -0.4 is 16.0 Å². The van der Waals surface area contributed by atoms with E-state index in [9.17, 15) is 9.59 Å². The van der Waals surface area contributed by atoms with Gasteiger partial charge in [-0.05, 0) is 61.4 Å². The molecule has 3 aromatic rings. The zero-order valence-corrected chi connectivity index (χ0v) is 16.0. The van der Waals surface area contributed by atoms with Gasteiger partial charge in [0.15, 0.2) is 0 Å². The fourth-order valence-electron chi connectivity index (χ4n) is 2.75. The van der Waals surface area contributed by atoms with E-state index >= 15 is 0 Å². The summed E-state index contributed by atoms with van der Waals surface area (Å²) in [6.07, 6.45) is 1.59. The molecule has 0 unspecified atom stereocenters. The predicted octanol–water partition coefficient (Wildman–Crippen LogP) is 4.65. The van der Waals surface area contributed by atoms with Crippen LogP contribution in [0, 0.1) is 13.8 Å². The van der Waals surface area contributed by atoms with Crippen molar-refractivity contribution in [2.75, 3.05) is 16.0 Å². The van der Waals surface area contributed by atoms with E-state index in [1.165, 1.54) is 12.5 Å². The summed E-state index contributed by atoms with van der Waals surface area (Å²) in [7, 11) is 0. The first kappa shape index (κ1) is 19.1. The summed E-state index contributed by atoms with van der Waals surface area (Å²) in [6.45, 7) is 5.54. The van der Waals surface area contributed by atoms with Crippen LogP contribution in [0.3, 0.4) is 0 Å². The number of pyridine rings is 1. The molecule has 142 valence electrons. The molecule has 2 amide bonds. The smallest absolute Gasteiger partial charge is 0.274 e. The molecule has 0 aliphatic rings. The zero-order valence-electron chi connectivity index (χ0n) is 16.0. The highest BCUT2D eigenvalue weighted by molar-refractivity contribution is 6.03. The minimum absolute atomic E-state index is 0.171. The van der Waals surface area contributed by atoms with Crippen LogP contribution in [0.5, 0.6) is 0 Å². The summed E-state index contributed by atoms with van der Waals surface area (Å²) >= 11 is 0. The number of benzene rings is 2. The molecular weight excluding hydrogens is 352 g/mol. The molecular formula is C22H22N4O2. The lowest BCUT2D eigenvalue weighted by Crippen LogP contribution is -2.14. The van der Waals surface area contributed by atoms with Gasteiger partial charge in [-0.15, -0.1) is 0 Å². The number of rotatable bonds is 5. The Morgan fingerprint density at radius 2 is 1.57 bits per heavy atom. The zero-order chi connectivity index (χ0) is 20.1. The molecule has 0 bridgehead atoms. The summed E-state index contributed by atoms with van der Waals surface area (Å²) in [5.74, 6) is -0.500. The van der Waals surface area contributed by atoms with Gasteiger partial charge in [-0.25, -0.2) is 0 Å². The second kappa shape index (κ2) is 8.35. The molecule has 2 aromatic carbocycles. The van der Waals surface area contributed by atoms with Crippen LogP contribution in [0.25, 0.3) is 0 Å². The van der Waals surface area contributed by atoms with Crippen molar-refractivity contribution in [3.8, 4) is 0 Å². The van der Waals surface area contributed by atoms with E-state index in [2.05, 4.69) is 40.8 Å². The quantitative estimate of drug-likeness (QED) is 0.607. The molecule has 0 spiro atoms. The maximum atomic E-state index is 12.6.